The number of fused-ring (bicyclic) bond motifs is 1. The first-order valence-corrected chi connectivity index (χ1v) is 67.5. The first kappa shape index (κ1) is 128. The molecule has 17 rings (SSSR count). The van der Waals surface area contributed by atoms with Gasteiger partial charge in [0.05, 0.1) is 0 Å². The van der Waals surface area contributed by atoms with Crippen LogP contribution in [0.5, 0.6) is 0 Å². The standard InChI is InChI=1S/C19H36.2C17H32.C16H30.C15H28.C14H26.C12H22.C12H24.C10H20.C8H16.CH4/c1-5-15-7-11-17(12-8-15)19(3,4)18-13-9-16(6-2)10-14-18;1-13-5-9-15(10-6-13)17(3,4)16-11-7-14(2)8-12-16;1-3-14-5-9-16(10-6-14)13-17-11-7-15(4-2)8-12-17;1-3-13-5-9-15(10-6-13)16-11-7-14(4-2)8-12-16;1-12-3-7-14(8-4-12)11-15-9-5-13(2)6-10-15;1-11-3-7-13(8-4-11)14-9-5-12(2)6-10-14;1-9-3-5-12-8-10(2)4-6-11(12)7-9;1-3-5-11-7-9-12(6-4-2)10-8-11;1-3-9-5-7-10(4-2)8-6-9;1-7-3-5-8(2)6-4-7;/h15-18H,5-14H2,1-4H3;13-16H,5-12H2,1-4H3;14-17H,3-13H2,1-2H3;13-16H,3-12H2,1-2H3;12-15H,3-11H2,1-2H3;11-14H,3-10H2,1-2H3;9-12H,3-8H2,1-2H3;11-12H,3-10H2,1-2H3;9-10H,3-8H2,1-2H3;7-8H,3-6H2,1-2H3;1H4. The first-order chi connectivity index (χ1) is 67.5. The second kappa shape index (κ2) is 71.9. The van der Waals surface area contributed by atoms with Crippen molar-refractivity contribution in [2.75, 3.05) is 0 Å². The predicted molar refractivity (Wildman–Crippen MR) is 636 cm³/mol. The van der Waals surface area contributed by atoms with E-state index in [-0.39, 0.29) is 7.43 Å². The van der Waals surface area contributed by atoms with Gasteiger partial charge in [0.25, 0.3) is 0 Å². The van der Waals surface area contributed by atoms with Crippen LogP contribution in [-0.4, -0.2) is 0 Å². The topological polar surface area (TPSA) is 0 Å². The summed E-state index contributed by atoms with van der Waals surface area (Å²) in [6.07, 6.45) is 121. The molecule has 0 heterocycles. The Balaban J connectivity index is 0.000000214. The Morgan fingerprint density at radius 3 is 0.468 bits per heavy atom. The second-order valence-electron chi connectivity index (χ2n) is 58.4. The van der Waals surface area contributed by atoms with Crippen LogP contribution < -0.4 is 0 Å². The van der Waals surface area contributed by atoms with E-state index in [1.807, 2.05) is 0 Å². The van der Waals surface area contributed by atoms with Crippen molar-refractivity contribution in [1.29, 1.82) is 0 Å². The van der Waals surface area contributed by atoms with Gasteiger partial charge in [0.15, 0.2) is 0 Å². The van der Waals surface area contributed by atoms with Crippen molar-refractivity contribution in [3.8, 4) is 0 Å². The fourth-order valence-corrected chi connectivity index (χ4v) is 34.2. The van der Waals surface area contributed by atoms with Gasteiger partial charge in [-0.1, -0.05) is 546 Å². The van der Waals surface area contributed by atoms with Crippen molar-refractivity contribution in [3.63, 3.8) is 0 Å². The summed E-state index contributed by atoms with van der Waals surface area (Å²) in [5, 5.41) is 0. The summed E-state index contributed by atoms with van der Waals surface area (Å²) in [5.74, 6) is 36.0. The summed E-state index contributed by atoms with van der Waals surface area (Å²) in [7, 11) is 0. The van der Waals surface area contributed by atoms with Crippen LogP contribution >= 0.6 is 0 Å². The molecule has 0 aromatic rings. The molecule has 0 heteroatoms. The van der Waals surface area contributed by atoms with Crippen LogP contribution in [0.2, 0.25) is 0 Å². The fourth-order valence-electron chi connectivity index (χ4n) is 34.2. The van der Waals surface area contributed by atoms with E-state index in [0.29, 0.717) is 10.8 Å². The molecular weight excluding hydrogens is 1690 g/mol. The van der Waals surface area contributed by atoms with Gasteiger partial charge in [-0.3, -0.25) is 0 Å². The highest BCUT2D eigenvalue weighted by Gasteiger charge is 2.43. The van der Waals surface area contributed by atoms with Crippen molar-refractivity contribution < 1.29 is 0 Å². The molecule has 0 radical (unpaired) electrons. The van der Waals surface area contributed by atoms with E-state index in [9.17, 15) is 0 Å². The lowest BCUT2D eigenvalue weighted by Gasteiger charge is -2.46. The highest BCUT2D eigenvalue weighted by molar-refractivity contribution is 4.94. The lowest BCUT2D eigenvalue weighted by molar-refractivity contribution is 0.0381. The summed E-state index contributed by atoms with van der Waals surface area (Å²) < 4.78 is 0. The van der Waals surface area contributed by atoms with Crippen molar-refractivity contribution in [3.05, 3.63) is 0 Å². The number of hydrogen-bond acceptors (Lipinski definition) is 0. The monoisotopic (exact) mass is 1960 g/mol. The first-order valence-electron chi connectivity index (χ1n) is 67.5. The molecule has 4 atom stereocenters. The molecule has 0 N–H and O–H groups in total. The lowest BCUT2D eigenvalue weighted by Crippen LogP contribution is -2.37. The lowest BCUT2D eigenvalue weighted by atomic mass is 9.59. The molecule has 0 aliphatic heterocycles. The summed E-state index contributed by atoms with van der Waals surface area (Å²) in [6.45, 7) is 58.1. The quantitative estimate of drug-likeness (QED) is 0.101. The Hall–Kier alpha value is 0. The van der Waals surface area contributed by atoms with E-state index in [1.54, 1.807) is 89.9 Å². The van der Waals surface area contributed by atoms with Crippen molar-refractivity contribution in [1.82, 2.24) is 0 Å². The highest BCUT2D eigenvalue weighted by atomic mass is 14.5. The molecule has 17 aliphatic carbocycles. The van der Waals surface area contributed by atoms with Crippen LogP contribution in [0.4, 0.5) is 0 Å². The van der Waals surface area contributed by atoms with Gasteiger partial charge >= 0.3 is 0 Å². The van der Waals surface area contributed by atoms with Gasteiger partial charge in [0.1, 0.15) is 0 Å². The Kier molecular flexibility index (Phi) is 65.2. The zero-order valence-electron chi connectivity index (χ0n) is 101. The summed E-state index contributed by atoms with van der Waals surface area (Å²) in [5.41, 5.74) is 1.22. The Bertz CT molecular complexity index is 2630. The SMILES string of the molecule is C.CC1CCC(C(C)(C)C2CCC(C)CC2)CC1.CC1CCC(C)CC1.CC1CCC(C2CCC(C)CC2)CC1.CC1CCC(CC2CCC(C)CC2)CC1.CC1CCC2CC(C)CCC2C1.CCC1CCC(C(C)(C)C2CCC(CC)CC2)CC1.CCC1CCC(C2CCC(CC)CC2)CC1.CCC1CCC(CC)CC1.CCC1CCC(CC2CCC(CC)CC2)CC1.CCCC1CCC(CCC)CC1. The third kappa shape index (κ3) is 48.7. The molecular formula is C141H270. The summed E-state index contributed by atoms with van der Waals surface area (Å²) in [4.78, 5) is 0. The van der Waals surface area contributed by atoms with Gasteiger partial charge in [-0.25, -0.2) is 0 Å². The molecule has 834 valence electrons. The van der Waals surface area contributed by atoms with Gasteiger partial charge in [-0.15, -0.1) is 0 Å². The van der Waals surface area contributed by atoms with Gasteiger partial charge in [0, 0.05) is 0 Å². The van der Waals surface area contributed by atoms with Gasteiger partial charge in [-0.05, 0) is 353 Å². The molecule has 17 fully saturated rings. The molecule has 0 amide bonds. The van der Waals surface area contributed by atoms with Gasteiger partial charge in [0.2, 0.25) is 0 Å². The molecule has 141 heavy (non-hydrogen) atoms. The highest BCUT2D eigenvalue weighted by Crippen LogP contribution is 2.55. The molecule has 0 bridgehead atoms. The van der Waals surface area contributed by atoms with E-state index >= 15 is 0 Å². The average molecular weight is 1970 g/mol. The Morgan fingerprint density at radius 1 is 0.142 bits per heavy atom. The van der Waals surface area contributed by atoms with E-state index in [4.69, 9.17) is 0 Å². The number of hydrogen-bond donors (Lipinski definition) is 0. The number of rotatable bonds is 22. The third-order valence-electron chi connectivity index (χ3n) is 47.1. The minimum absolute atomic E-state index is 0. The van der Waals surface area contributed by atoms with Crippen LogP contribution in [-0.2, 0) is 0 Å². The van der Waals surface area contributed by atoms with Crippen molar-refractivity contribution in [2.45, 2.75) is 687 Å². The Labute approximate surface area is 893 Å². The molecule has 4 unspecified atom stereocenters. The smallest absolute Gasteiger partial charge is 0.0298 e. The maximum Gasteiger partial charge on any atom is -0.0298 e. The summed E-state index contributed by atoms with van der Waals surface area (Å²) in [6, 6.07) is 0. The Morgan fingerprint density at radius 2 is 0.270 bits per heavy atom. The molecule has 0 aromatic heterocycles. The van der Waals surface area contributed by atoms with Crippen LogP contribution in [0.3, 0.4) is 0 Å². The van der Waals surface area contributed by atoms with Crippen LogP contribution in [0.25, 0.3) is 0 Å². The molecule has 0 saturated heterocycles. The molecule has 17 aliphatic rings. The summed E-state index contributed by atoms with van der Waals surface area (Å²) >= 11 is 0. The maximum absolute atomic E-state index is 2.60. The third-order valence-corrected chi connectivity index (χ3v) is 47.1. The van der Waals surface area contributed by atoms with E-state index in [2.05, 4.69) is 166 Å². The van der Waals surface area contributed by atoms with Gasteiger partial charge in [-0.2, -0.15) is 0 Å². The van der Waals surface area contributed by atoms with Crippen LogP contribution in [0.15, 0.2) is 0 Å². The van der Waals surface area contributed by atoms with Crippen molar-refractivity contribution in [2.24, 2.45) is 212 Å². The zero-order valence-corrected chi connectivity index (χ0v) is 101. The minimum Gasteiger partial charge on any atom is -0.0776 e. The minimum atomic E-state index is 0. The largest absolute Gasteiger partial charge is 0.0776 e. The normalized spacial score (nSPS) is 39.7. The average Bonchev–Trinajstić information content (AvgIpc) is 0.850. The van der Waals surface area contributed by atoms with Crippen LogP contribution in [0.1, 0.15) is 687 Å². The molecule has 0 aromatic carbocycles. The zero-order chi connectivity index (χ0) is 101. The van der Waals surface area contributed by atoms with Crippen molar-refractivity contribution >= 4 is 0 Å². The molecule has 0 spiro atoms. The maximum atomic E-state index is 2.60. The predicted octanol–water partition coefficient (Wildman–Crippen LogP) is 48.3. The van der Waals surface area contributed by atoms with Gasteiger partial charge < -0.3 is 0 Å². The fraction of sp³-hybridized carbons (Fsp3) is 1.00. The van der Waals surface area contributed by atoms with Crippen LogP contribution in [0, 0.1) is 212 Å². The molecule has 0 nitrogen and oxygen atoms in total. The van der Waals surface area contributed by atoms with E-state index < -0.39 is 0 Å². The van der Waals surface area contributed by atoms with E-state index in [0.717, 1.165) is 201 Å². The van der Waals surface area contributed by atoms with E-state index in [1.165, 1.54) is 424 Å². The second-order valence-corrected chi connectivity index (χ2v) is 58.4. The molecule has 17 saturated carbocycles.